The minimum atomic E-state index is -0.0257. The predicted molar refractivity (Wildman–Crippen MR) is 55.8 cm³/mol. The maximum absolute atomic E-state index is 5.39. The van der Waals surface area contributed by atoms with Gasteiger partial charge in [-0.2, -0.15) is 0 Å². The van der Waals surface area contributed by atoms with Crippen LogP contribution in [0.15, 0.2) is 16.9 Å². The molecule has 0 bridgehead atoms. The fourth-order valence-electron chi connectivity index (χ4n) is 0.702. The Morgan fingerprint density at radius 2 is 2.42 bits per heavy atom. The maximum atomic E-state index is 5.39. The molecule has 0 saturated carbocycles. The molecule has 1 aromatic rings. The molecule has 0 aliphatic carbocycles. The van der Waals surface area contributed by atoms with Gasteiger partial charge >= 0.3 is 0 Å². The van der Waals surface area contributed by atoms with Crippen LogP contribution in [-0.2, 0) is 0 Å². The van der Waals surface area contributed by atoms with Crippen LogP contribution in [-0.4, -0.2) is 9.49 Å². The highest BCUT2D eigenvalue weighted by Crippen LogP contribution is 2.20. The Labute approximate surface area is 89.0 Å². The molecule has 0 atom stereocenters. The van der Waals surface area contributed by atoms with E-state index in [0.717, 1.165) is 10.2 Å². The van der Waals surface area contributed by atoms with Crippen LogP contribution in [0.1, 0.15) is 5.56 Å². The molecular weight excluding hydrogens is 262 g/mol. The van der Waals surface area contributed by atoms with Gasteiger partial charge in [0.2, 0.25) is 0 Å². The summed E-state index contributed by atoms with van der Waals surface area (Å²) < 4.78 is 5.75. The SMILES string of the molecule is Cc1cc(Br)ncc1OC(=S)Cl. The van der Waals surface area contributed by atoms with Gasteiger partial charge in [-0.25, -0.2) is 4.98 Å². The van der Waals surface area contributed by atoms with E-state index < -0.39 is 0 Å². The number of aryl methyl sites for hydroxylation is 1. The summed E-state index contributed by atoms with van der Waals surface area (Å²) in [7, 11) is 0. The van der Waals surface area contributed by atoms with Crippen molar-refractivity contribution in [2.45, 2.75) is 6.92 Å². The van der Waals surface area contributed by atoms with Gasteiger partial charge in [-0.15, -0.1) is 0 Å². The van der Waals surface area contributed by atoms with Crippen LogP contribution >= 0.6 is 39.7 Å². The van der Waals surface area contributed by atoms with E-state index in [-0.39, 0.29) is 4.51 Å². The van der Waals surface area contributed by atoms with Crippen LogP contribution in [0.3, 0.4) is 0 Å². The fraction of sp³-hybridized carbons (Fsp3) is 0.143. The lowest BCUT2D eigenvalue weighted by Crippen LogP contribution is -1.98. The molecule has 0 aliphatic rings. The summed E-state index contributed by atoms with van der Waals surface area (Å²) in [5.41, 5.74) is 0.930. The third kappa shape index (κ3) is 2.69. The lowest BCUT2D eigenvalue weighted by atomic mass is 10.3. The fourth-order valence-corrected chi connectivity index (χ4v) is 1.32. The number of hydrogen-bond acceptors (Lipinski definition) is 3. The van der Waals surface area contributed by atoms with Gasteiger partial charge in [0.05, 0.1) is 6.20 Å². The Morgan fingerprint density at radius 3 is 2.92 bits per heavy atom. The maximum Gasteiger partial charge on any atom is 0.260 e. The number of rotatable bonds is 1. The van der Waals surface area contributed by atoms with Crippen molar-refractivity contribution in [3.05, 3.63) is 22.4 Å². The molecule has 0 radical (unpaired) electrons. The zero-order chi connectivity index (χ0) is 9.14. The van der Waals surface area contributed by atoms with Crippen molar-refractivity contribution in [1.82, 2.24) is 4.98 Å². The van der Waals surface area contributed by atoms with Crippen molar-refractivity contribution in [1.29, 1.82) is 0 Å². The van der Waals surface area contributed by atoms with Gasteiger partial charge < -0.3 is 4.74 Å². The summed E-state index contributed by atoms with van der Waals surface area (Å²) in [6.07, 6.45) is 1.56. The van der Waals surface area contributed by atoms with Crippen LogP contribution < -0.4 is 4.74 Å². The summed E-state index contributed by atoms with van der Waals surface area (Å²) in [4.78, 5) is 3.97. The van der Waals surface area contributed by atoms with E-state index in [2.05, 4.69) is 33.1 Å². The largest absolute Gasteiger partial charge is 0.434 e. The van der Waals surface area contributed by atoms with E-state index in [1.54, 1.807) is 6.20 Å². The average Bonchev–Trinajstić information content (AvgIpc) is 1.94. The Morgan fingerprint density at radius 1 is 1.75 bits per heavy atom. The number of hydrogen-bond donors (Lipinski definition) is 0. The molecule has 0 N–H and O–H groups in total. The molecule has 64 valence electrons. The summed E-state index contributed by atoms with van der Waals surface area (Å²) >= 11 is 13.2. The minimum absolute atomic E-state index is 0.0257. The van der Waals surface area contributed by atoms with E-state index in [0.29, 0.717) is 5.75 Å². The van der Waals surface area contributed by atoms with Crippen LogP contribution in [0.4, 0.5) is 0 Å². The molecule has 5 heteroatoms. The van der Waals surface area contributed by atoms with Crippen molar-refractivity contribution in [2.24, 2.45) is 0 Å². The molecule has 0 amide bonds. The number of nitrogens with zero attached hydrogens (tertiary/aromatic N) is 1. The van der Waals surface area contributed by atoms with Gasteiger partial charge in [0.15, 0.2) is 5.75 Å². The van der Waals surface area contributed by atoms with Crippen molar-refractivity contribution in [2.75, 3.05) is 0 Å². The van der Waals surface area contributed by atoms with E-state index in [1.165, 1.54) is 0 Å². The van der Waals surface area contributed by atoms with Gasteiger partial charge in [0, 0.05) is 0 Å². The van der Waals surface area contributed by atoms with Crippen molar-refractivity contribution < 1.29 is 4.74 Å². The zero-order valence-electron chi connectivity index (χ0n) is 6.17. The second kappa shape index (κ2) is 4.16. The number of pyridine rings is 1. The minimum Gasteiger partial charge on any atom is -0.434 e. The smallest absolute Gasteiger partial charge is 0.260 e. The Balaban J connectivity index is 2.93. The van der Waals surface area contributed by atoms with E-state index in [4.69, 9.17) is 16.3 Å². The summed E-state index contributed by atoms with van der Waals surface area (Å²) in [5.74, 6) is 0.582. The highest BCUT2D eigenvalue weighted by Gasteiger charge is 2.02. The molecule has 1 heterocycles. The molecule has 0 fully saturated rings. The molecule has 0 unspecified atom stereocenters. The van der Waals surface area contributed by atoms with Crippen molar-refractivity contribution in [3.8, 4) is 5.75 Å². The molecule has 1 rings (SSSR count). The molecule has 0 aliphatic heterocycles. The first-order valence-corrected chi connectivity index (χ1v) is 4.67. The Hall–Kier alpha value is -0.190. The number of thiocarbonyl (C=S) groups is 1. The molecule has 0 spiro atoms. The van der Waals surface area contributed by atoms with Crippen LogP contribution in [0.25, 0.3) is 0 Å². The second-order valence-electron chi connectivity index (χ2n) is 2.11. The van der Waals surface area contributed by atoms with Gasteiger partial charge in [-0.3, -0.25) is 0 Å². The zero-order valence-corrected chi connectivity index (χ0v) is 9.33. The van der Waals surface area contributed by atoms with Crippen LogP contribution in [0.2, 0.25) is 0 Å². The standard InChI is InChI=1S/C7H5BrClNOS/c1-4-2-6(8)10-3-5(4)11-7(9)12/h2-3H,1H3. The molecule has 12 heavy (non-hydrogen) atoms. The highest BCUT2D eigenvalue weighted by molar-refractivity contribution is 9.10. The van der Waals surface area contributed by atoms with Gasteiger partial charge in [-0.05, 0) is 58.3 Å². The van der Waals surface area contributed by atoms with Gasteiger partial charge in [0.1, 0.15) is 4.60 Å². The normalized spacial score (nSPS) is 9.58. The molecule has 2 nitrogen and oxygen atoms in total. The Bertz CT molecular complexity index is 318. The van der Waals surface area contributed by atoms with E-state index >= 15 is 0 Å². The lowest BCUT2D eigenvalue weighted by Gasteiger charge is -2.04. The van der Waals surface area contributed by atoms with Crippen LogP contribution in [0, 0.1) is 6.92 Å². The summed E-state index contributed by atoms with van der Waals surface area (Å²) in [6.45, 7) is 1.89. The lowest BCUT2D eigenvalue weighted by molar-refractivity contribution is 0.568. The van der Waals surface area contributed by atoms with Crippen LogP contribution in [0.5, 0.6) is 5.75 Å². The third-order valence-corrected chi connectivity index (χ3v) is 1.81. The molecule has 1 aromatic heterocycles. The number of ether oxygens (including phenoxy) is 1. The first-order chi connectivity index (χ1) is 5.59. The monoisotopic (exact) mass is 265 g/mol. The van der Waals surface area contributed by atoms with Crippen molar-refractivity contribution >= 4 is 44.3 Å². The number of halogens is 2. The second-order valence-corrected chi connectivity index (χ2v) is 3.86. The van der Waals surface area contributed by atoms with Gasteiger partial charge in [0.25, 0.3) is 4.51 Å². The van der Waals surface area contributed by atoms with E-state index in [1.807, 2.05) is 13.0 Å². The average molecular weight is 267 g/mol. The quantitative estimate of drug-likeness (QED) is 0.443. The van der Waals surface area contributed by atoms with E-state index in [9.17, 15) is 0 Å². The summed E-state index contributed by atoms with van der Waals surface area (Å²) in [6, 6.07) is 1.82. The third-order valence-electron chi connectivity index (χ3n) is 1.22. The molecule has 0 aromatic carbocycles. The molecular formula is C7H5BrClNOS. The first-order valence-electron chi connectivity index (χ1n) is 3.09. The van der Waals surface area contributed by atoms with Crippen molar-refractivity contribution in [3.63, 3.8) is 0 Å². The van der Waals surface area contributed by atoms with Gasteiger partial charge in [-0.1, -0.05) is 0 Å². The molecule has 0 saturated heterocycles. The Kier molecular flexibility index (Phi) is 3.43. The predicted octanol–water partition coefficient (Wildman–Crippen LogP) is 3.06. The summed E-state index contributed by atoms with van der Waals surface area (Å²) in [5, 5.41) is 0. The first kappa shape index (κ1) is 9.89. The topological polar surface area (TPSA) is 22.1 Å². The highest BCUT2D eigenvalue weighted by atomic mass is 79.9. The number of aromatic nitrogens is 1.